The number of anilines is 1. The van der Waals surface area contributed by atoms with Crippen LogP contribution >= 0.6 is 12.4 Å². The van der Waals surface area contributed by atoms with Gasteiger partial charge in [0.05, 0.1) is 4.90 Å². The Balaban J connectivity index is 0.00000288. The van der Waals surface area contributed by atoms with E-state index in [0.717, 1.165) is 25.9 Å². The number of hydrogen-bond acceptors (Lipinski definition) is 4. The van der Waals surface area contributed by atoms with E-state index in [1.807, 2.05) is 13.8 Å². The van der Waals surface area contributed by atoms with Crippen molar-refractivity contribution in [2.75, 3.05) is 18.4 Å². The first-order chi connectivity index (χ1) is 10.9. The molecule has 6 nitrogen and oxygen atoms in total. The predicted molar refractivity (Wildman–Crippen MR) is 98.0 cm³/mol. The van der Waals surface area contributed by atoms with Crippen LogP contribution in [0.2, 0.25) is 0 Å². The molecule has 1 amide bonds. The smallest absolute Gasteiger partial charge is 0.240 e. The van der Waals surface area contributed by atoms with Crippen molar-refractivity contribution in [2.24, 2.45) is 5.92 Å². The molecule has 1 aliphatic rings. The van der Waals surface area contributed by atoms with Gasteiger partial charge in [0.2, 0.25) is 15.9 Å². The van der Waals surface area contributed by atoms with Crippen LogP contribution in [0.4, 0.5) is 5.69 Å². The highest BCUT2D eigenvalue weighted by Crippen LogP contribution is 2.19. The van der Waals surface area contributed by atoms with Gasteiger partial charge in [0.25, 0.3) is 0 Å². The van der Waals surface area contributed by atoms with Crippen molar-refractivity contribution in [3.05, 3.63) is 24.3 Å². The Morgan fingerprint density at radius 3 is 2.62 bits per heavy atom. The first-order valence-electron chi connectivity index (χ1n) is 8.06. The Morgan fingerprint density at radius 2 is 2.00 bits per heavy atom. The molecule has 0 saturated carbocycles. The molecule has 1 fully saturated rings. The lowest BCUT2D eigenvalue weighted by atomic mass is 9.97. The Morgan fingerprint density at radius 1 is 1.33 bits per heavy atom. The summed E-state index contributed by atoms with van der Waals surface area (Å²) in [5, 5.41) is 6.05. The maximum atomic E-state index is 12.3. The lowest BCUT2D eigenvalue weighted by Crippen LogP contribution is -2.34. The molecular formula is C16H26ClN3O3S. The second kappa shape index (κ2) is 9.36. The fourth-order valence-corrected chi connectivity index (χ4v) is 3.86. The third-order valence-electron chi connectivity index (χ3n) is 4.09. The van der Waals surface area contributed by atoms with Crippen LogP contribution < -0.4 is 15.4 Å². The molecule has 0 bridgehead atoms. The molecule has 1 aromatic carbocycles. The minimum Gasteiger partial charge on any atom is -0.326 e. The molecule has 1 aromatic rings. The van der Waals surface area contributed by atoms with Gasteiger partial charge in [-0.1, -0.05) is 13.0 Å². The van der Waals surface area contributed by atoms with Crippen LogP contribution in [0.3, 0.4) is 0 Å². The minimum atomic E-state index is -3.57. The second-order valence-electron chi connectivity index (χ2n) is 5.97. The van der Waals surface area contributed by atoms with Crippen LogP contribution in [-0.4, -0.2) is 33.5 Å². The number of nitrogens with one attached hydrogen (secondary N) is 3. The van der Waals surface area contributed by atoms with Gasteiger partial charge in [0.1, 0.15) is 0 Å². The SMILES string of the molecule is CCC(C)NS(=O)(=O)c1cccc(NC(=O)C2CCNCC2)c1.Cl. The zero-order valence-corrected chi connectivity index (χ0v) is 15.7. The highest BCUT2D eigenvalue weighted by Gasteiger charge is 2.22. The van der Waals surface area contributed by atoms with Crippen LogP contribution in [0.5, 0.6) is 0 Å². The fourth-order valence-electron chi connectivity index (χ4n) is 2.49. The van der Waals surface area contributed by atoms with Crippen molar-refractivity contribution in [1.82, 2.24) is 10.0 Å². The molecule has 2 rings (SSSR count). The maximum Gasteiger partial charge on any atom is 0.240 e. The van der Waals surface area contributed by atoms with Gasteiger partial charge in [-0.05, 0) is 57.5 Å². The van der Waals surface area contributed by atoms with E-state index in [9.17, 15) is 13.2 Å². The van der Waals surface area contributed by atoms with Crippen molar-refractivity contribution < 1.29 is 13.2 Å². The van der Waals surface area contributed by atoms with E-state index in [1.165, 1.54) is 12.1 Å². The van der Waals surface area contributed by atoms with Gasteiger partial charge >= 0.3 is 0 Å². The zero-order chi connectivity index (χ0) is 16.9. The number of halogens is 1. The summed E-state index contributed by atoms with van der Waals surface area (Å²) in [4.78, 5) is 12.4. The van der Waals surface area contributed by atoms with Crippen molar-refractivity contribution >= 4 is 34.0 Å². The van der Waals surface area contributed by atoms with E-state index in [1.54, 1.807) is 12.1 Å². The quantitative estimate of drug-likeness (QED) is 0.710. The number of rotatable bonds is 6. The standard InChI is InChI=1S/C16H25N3O3S.ClH/c1-3-12(2)19-23(21,22)15-6-4-5-14(11-15)18-16(20)13-7-9-17-10-8-13;/h4-6,11-13,17,19H,3,7-10H2,1-2H3,(H,18,20);1H. The summed E-state index contributed by atoms with van der Waals surface area (Å²) in [6, 6.07) is 6.26. The predicted octanol–water partition coefficient (Wildman–Crippen LogP) is 2.12. The summed E-state index contributed by atoms with van der Waals surface area (Å²) in [5.74, 6) is -0.0642. The van der Waals surface area contributed by atoms with Crippen molar-refractivity contribution in [3.8, 4) is 0 Å². The molecule has 1 saturated heterocycles. The average molecular weight is 376 g/mol. The summed E-state index contributed by atoms with van der Waals surface area (Å²) in [7, 11) is -3.57. The summed E-state index contributed by atoms with van der Waals surface area (Å²) < 4.78 is 27.2. The molecule has 0 spiro atoms. The van der Waals surface area contributed by atoms with Gasteiger partial charge < -0.3 is 10.6 Å². The Bertz CT molecular complexity index is 646. The van der Waals surface area contributed by atoms with E-state index in [4.69, 9.17) is 0 Å². The van der Waals surface area contributed by atoms with Gasteiger partial charge in [-0.2, -0.15) is 0 Å². The van der Waals surface area contributed by atoms with Gasteiger partial charge in [0, 0.05) is 17.6 Å². The normalized spacial score (nSPS) is 16.9. The lowest BCUT2D eigenvalue weighted by molar-refractivity contribution is -0.120. The molecule has 0 aromatic heterocycles. The molecule has 0 aliphatic carbocycles. The van der Waals surface area contributed by atoms with Crippen molar-refractivity contribution in [3.63, 3.8) is 0 Å². The first-order valence-corrected chi connectivity index (χ1v) is 9.54. The Labute approximate surface area is 150 Å². The molecule has 1 unspecified atom stereocenters. The number of carbonyl (C=O) groups is 1. The van der Waals surface area contributed by atoms with E-state index in [0.29, 0.717) is 12.1 Å². The highest BCUT2D eigenvalue weighted by molar-refractivity contribution is 7.89. The highest BCUT2D eigenvalue weighted by atomic mass is 35.5. The van der Waals surface area contributed by atoms with Crippen LogP contribution in [0.1, 0.15) is 33.1 Å². The Kier molecular flexibility index (Phi) is 8.15. The number of piperidine rings is 1. The van der Waals surface area contributed by atoms with Crippen LogP contribution in [-0.2, 0) is 14.8 Å². The van der Waals surface area contributed by atoms with Crippen molar-refractivity contribution in [2.45, 2.75) is 44.0 Å². The molecule has 0 radical (unpaired) electrons. The monoisotopic (exact) mass is 375 g/mol. The molecule has 3 N–H and O–H groups in total. The van der Waals surface area contributed by atoms with Crippen LogP contribution in [0, 0.1) is 5.92 Å². The van der Waals surface area contributed by atoms with E-state index in [2.05, 4.69) is 15.4 Å². The van der Waals surface area contributed by atoms with Gasteiger partial charge in [-0.25, -0.2) is 13.1 Å². The van der Waals surface area contributed by atoms with E-state index in [-0.39, 0.29) is 35.2 Å². The molecule has 1 atom stereocenters. The average Bonchev–Trinajstić information content (AvgIpc) is 2.55. The third-order valence-corrected chi connectivity index (χ3v) is 5.68. The third kappa shape index (κ3) is 5.73. The summed E-state index contributed by atoms with van der Waals surface area (Å²) in [6.45, 7) is 5.42. The number of hydrogen-bond donors (Lipinski definition) is 3. The number of carbonyl (C=O) groups excluding carboxylic acids is 1. The number of sulfonamides is 1. The molecular weight excluding hydrogens is 350 g/mol. The second-order valence-corrected chi connectivity index (χ2v) is 7.69. The zero-order valence-electron chi connectivity index (χ0n) is 14.0. The maximum absolute atomic E-state index is 12.3. The van der Waals surface area contributed by atoms with E-state index >= 15 is 0 Å². The fraction of sp³-hybridized carbons (Fsp3) is 0.562. The van der Waals surface area contributed by atoms with Gasteiger partial charge in [0.15, 0.2) is 0 Å². The minimum absolute atomic E-state index is 0. The van der Waals surface area contributed by atoms with Gasteiger partial charge in [-0.15, -0.1) is 12.4 Å². The molecule has 136 valence electrons. The van der Waals surface area contributed by atoms with Gasteiger partial charge in [-0.3, -0.25) is 4.79 Å². The van der Waals surface area contributed by atoms with Crippen LogP contribution in [0.25, 0.3) is 0 Å². The summed E-state index contributed by atoms with van der Waals surface area (Å²) in [6.07, 6.45) is 2.32. The van der Waals surface area contributed by atoms with Crippen molar-refractivity contribution in [1.29, 1.82) is 0 Å². The summed E-state index contributed by atoms with van der Waals surface area (Å²) in [5.41, 5.74) is 0.514. The lowest BCUT2D eigenvalue weighted by Gasteiger charge is -2.22. The van der Waals surface area contributed by atoms with Crippen LogP contribution in [0.15, 0.2) is 29.2 Å². The molecule has 8 heteroatoms. The largest absolute Gasteiger partial charge is 0.326 e. The Hall–Kier alpha value is -1.15. The topological polar surface area (TPSA) is 87.3 Å². The molecule has 24 heavy (non-hydrogen) atoms. The number of amides is 1. The first kappa shape index (κ1) is 20.9. The summed E-state index contributed by atoms with van der Waals surface area (Å²) >= 11 is 0. The molecule has 1 aliphatic heterocycles. The molecule has 1 heterocycles. The number of benzene rings is 1. The van der Waals surface area contributed by atoms with E-state index < -0.39 is 10.0 Å².